The minimum atomic E-state index is -1.58. The van der Waals surface area contributed by atoms with Gasteiger partial charge in [-0.05, 0) is 18.2 Å². The molecule has 1 rings (SSSR count). The summed E-state index contributed by atoms with van der Waals surface area (Å²) in [6.07, 6.45) is 0. The molecule has 0 fully saturated rings. The van der Waals surface area contributed by atoms with Crippen LogP contribution in [0.4, 0.5) is 4.39 Å². The second-order valence-electron chi connectivity index (χ2n) is 2.48. The first kappa shape index (κ1) is 10.2. The number of carbonyl (C=O) groups excluding carboxylic acids is 1. The second-order valence-corrected chi connectivity index (χ2v) is 2.48. The Kier molecular flexibility index (Phi) is 2.81. The highest BCUT2D eigenvalue weighted by molar-refractivity contribution is 6.39. The van der Waals surface area contributed by atoms with Gasteiger partial charge >= 0.3 is 5.97 Å². The van der Waals surface area contributed by atoms with E-state index in [1.54, 1.807) is 0 Å². The van der Waals surface area contributed by atoms with Crippen molar-refractivity contribution < 1.29 is 23.8 Å². The summed E-state index contributed by atoms with van der Waals surface area (Å²) in [4.78, 5) is 21.2. The summed E-state index contributed by atoms with van der Waals surface area (Å²) in [6, 6.07) is 3.12. The molecule has 0 atom stereocenters. The lowest BCUT2D eigenvalue weighted by Crippen LogP contribution is -2.12. The highest BCUT2D eigenvalue weighted by Crippen LogP contribution is 2.18. The SMILES string of the molecule is COc1cc(C(=O)C(=O)O)ccc1F. The highest BCUT2D eigenvalue weighted by atomic mass is 19.1. The van der Waals surface area contributed by atoms with Crippen molar-refractivity contribution in [2.75, 3.05) is 7.11 Å². The molecular formula is C9H7FO4. The third-order valence-electron chi connectivity index (χ3n) is 1.61. The number of Topliss-reactive ketones (excluding diaryl/α,β-unsaturated/α-hetero) is 1. The van der Waals surface area contributed by atoms with Crippen molar-refractivity contribution in [2.24, 2.45) is 0 Å². The molecule has 0 aromatic heterocycles. The molecule has 0 aliphatic rings. The van der Waals surface area contributed by atoms with E-state index in [9.17, 15) is 14.0 Å². The number of carboxylic acid groups (broad SMARTS) is 1. The molecule has 14 heavy (non-hydrogen) atoms. The molecule has 0 bridgehead atoms. The quantitative estimate of drug-likeness (QED) is 0.583. The molecule has 0 radical (unpaired) electrons. The molecule has 0 aliphatic heterocycles. The van der Waals surface area contributed by atoms with E-state index >= 15 is 0 Å². The van der Waals surface area contributed by atoms with Crippen molar-refractivity contribution >= 4 is 11.8 Å². The standard InChI is InChI=1S/C9H7FO4/c1-14-7-4-5(2-3-6(7)10)8(11)9(12)13/h2-4H,1H3,(H,12,13). The van der Waals surface area contributed by atoms with Crippen LogP contribution in [0.5, 0.6) is 5.75 Å². The summed E-state index contributed by atoms with van der Waals surface area (Å²) < 4.78 is 17.4. The second kappa shape index (κ2) is 3.87. The monoisotopic (exact) mass is 198 g/mol. The number of hydrogen-bond donors (Lipinski definition) is 1. The van der Waals surface area contributed by atoms with E-state index < -0.39 is 17.6 Å². The molecule has 0 saturated heterocycles. The summed E-state index contributed by atoms with van der Waals surface area (Å²) in [5.41, 5.74) is -0.115. The smallest absolute Gasteiger partial charge is 0.377 e. The third kappa shape index (κ3) is 1.87. The molecule has 0 unspecified atom stereocenters. The van der Waals surface area contributed by atoms with Gasteiger partial charge in [0.15, 0.2) is 11.6 Å². The molecule has 0 aliphatic carbocycles. The summed E-state index contributed by atoms with van der Waals surface area (Å²) >= 11 is 0. The van der Waals surface area contributed by atoms with Crippen LogP contribution in [-0.4, -0.2) is 24.0 Å². The minimum Gasteiger partial charge on any atom is -0.494 e. The normalized spacial score (nSPS) is 9.57. The van der Waals surface area contributed by atoms with Gasteiger partial charge in [-0.1, -0.05) is 0 Å². The molecule has 1 aromatic carbocycles. The largest absolute Gasteiger partial charge is 0.494 e. The van der Waals surface area contributed by atoms with E-state index in [1.165, 1.54) is 7.11 Å². The fourth-order valence-corrected chi connectivity index (χ4v) is 0.925. The molecule has 1 N–H and O–H groups in total. The number of halogens is 1. The van der Waals surface area contributed by atoms with Gasteiger partial charge in [0.05, 0.1) is 7.11 Å². The Morgan fingerprint density at radius 3 is 2.57 bits per heavy atom. The van der Waals surface area contributed by atoms with Gasteiger partial charge in [0, 0.05) is 5.56 Å². The average molecular weight is 198 g/mol. The van der Waals surface area contributed by atoms with Crippen LogP contribution >= 0.6 is 0 Å². The molecule has 4 nitrogen and oxygen atoms in total. The van der Waals surface area contributed by atoms with Gasteiger partial charge in [-0.25, -0.2) is 9.18 Å². The fourth-order valence-electron chi connectivity index (χ4n) is 0.925. The fraction of sp³-hybridized carbons (Fsp3) is 0.111. The minimum absolute atomic E-state index is 0.115. The highest BCUT2D eigenvalue weighted by Gasteiger charge is 2.16. The van der Waals surface area contributed by atoms with Gasteiger partial charge in [-0.3, -0.25) is 4.79 Å². The first-order chi connectivity index (χ1) is 6.56. The van der Waals surface area contributed by atoms with Gasteiger partial charge < -0.3 is 9.84 Å². The van der Waals surface area contributed by atoms with Crippen LogP contribution in [0, 0.1) is 5.82 Å². The number of carbonyl (C=O) groups is 2. The van der Waals surface area contributed by atoms with Crippen molar-refractivity contribution in [3.63, 3.8) is 0 Å². The maximum atomic E-state index is 12.9. The Balaban J connectivity index is 3.12. The number of methoxy groups -OCH3 is 1. The Morgan fingerprint density at radius 1 is 1.43 bits per heavy atom. The van der Waals surface area contributed by atoms with Crippen molar-refractivity contribution in [1.82, 2.24) is 0 Å². The van der Waals surface area contributed by atoms with Crippen LogP contribution in [0.2, 0.25) is 0 Å². The number of hydrogen-bond acceptors (Lipinski definition) is 3. The lowest BCUT2D eigenvalue weighted by atomic mass is 10.1. The summed E-state index contributed by atoms with van der Waals surface area (Å²) in [5.74, 6) is -3.48. The first-order valence-corrected chi connectivity index (χ1v) is 3.67. The molecule has 0 saturated carbocycles. The van der Waals surface area contributed by atoms with Crippen molar-refractivity contribution in [1.29, 1.82) is 0 Å². The zero-order chi connectivity index (χ0) is 10.7. The molecule has 0 amide bonds. The molecule has 0 spiro atoms. The zero-order valence-electron chi connectivity index (χ0n) is 7.28. The molecule has 1 aromatic rings. The predicted octanol–water partition coefficient (Wildman–Crippen LogP) is 1.10. The number of aliphatic carboxylic acids is 1. The summed E-state index contributed by atoms with van der Waals surface area (Å²) in [5, 5.41) is 8.38. The van der Waals surface area contributed by atoms with E-state index in [4.69, 9.17) is 5.11 Å². The number of rotatable bonds is 3. The number of benzene rings is 1. The number of ketones is 1. The third-order valence-corrected chi connectivity index (χ3v) is 1.61. The predicted molar refractivity (Wildman–Crippen MR) is 44.9 cm³/mol. The van der Waals surface area contributed by atoms with Gasteiger partial charge in [-0.15, -0.1) is 0 Å². The van der Waals surface area contributed by atoms with Crippen molar-refractivity contribution in [2.45, 2.75) is 0 Å². The van der Waals surface area contributed by atoms with Crippen LogP contribution in [0.3, 0.4) is 0 Å². The maximum Gasteiger partial charge on any atom is 0.377 e. The average Bonchev–Trinajstić information content (AvgIpc) is 2.17. The topological polar surface area (TPSA) is 63.6 Å². The van der Waals surface area contributed by atoms with Gasteiger partial charge in [0.25, 0.3) is 5.78 Å². The lowest BCUT2D eigenvalue weighted by molar-refractivity contribution is -0.131. The summed E-state index contributed by atoms with van der Waals surface area (Å²) in [6.45, 7) is 0. The molecule has 5 heteroatoms. The number of ether oxygens (including phenoxy) is 1. The Bertz CT molecular complexity index is 386. The van der Waals surface area contributed by atoms with E-state index in [0.29, 0.717) is 0 Å². The first-order valence-electron chi connectivity index (χ1n) is 3.67. The molecule has 74 valence electrons. The molecular weight excluding hydrogens is 191 g/mol. The molecule has 0 heterocycles. The summed E-state index contributed by atoms with van der Waals surface area (Å²) in [7, 11) is 1.23. The van der Waals surface area contributed by atoms with Gasteiger partial charge in [-0.2, -0.15) is 0 Å². The van der Waals surface area contributed by atoms with E-state index in [0.717, 1.165) is 18.2 Å². The van der Waals surface area contributed by atoms with Crippen molar-refractivity contribution in [3.05, 3.63) is 29.6 Å². The van der Waals surface area contributed by atoms with Crippen LogP contribution in [0.1, 0.15) is 10.4 Å². The Morgan fingerprint density at radius 2 is 2.07 bits per heavy atom. The van der Waals surface area contributed by atoms with Gasteiger partial charge in [0.2, 0.25) is 0 Å². The van der Waals surface area contributed by atoms with Crippen LogP contribution in [0.25, 0.3) is 0 Å². The zero-order valence-corrected chi connectivity index (χ0v) is 7.28. The van der Waals surface area contributed by atoms with E-state index in [2.05, 4.69) is 4.74 Å². The lowest BCUT2D eigenvalue weighted by Gasteiger charge is -2.02. The number of carboxylic acids is 1. The Labute approximate surface area is 78.9 Å². The van der Waals surface area contributed by atoms with Crippen LogP contribution in [-0.2, 0) is 4.79 Å². The van der Waals surface area contributed by atoms with E-state index in [-0.39, 0.29) is 11.3 Å². The van der Waals surface area contributed by atoms with Crippen LogP contribution < -0.4 is 4.74 Å². The van der Waals surface area contributed by atoms with E-state index in [1.807, 2.05) is 0 Å². The van der Waals surface area contributed by atoms with Gasteiger partial charge in [0.1, 0.15) is 0 Å². The van der Waals surface area contributed by atoms with Crippen molar-refractivity contribution in [3.8, 4) is 5.75 Å². The maximum absolute atomic E-state index is 12.9. The van der Waals surface area contributed by atoms with Crippen LogP contribution in [0.15, 0.2) is 18.2 Å². The Hall–Kier alpha value is -1.91.